The lowest BCUT2D eigenvalue weighted by Crippen LogP contribution is -2.52. The molecule has 1 unspecified atom stereocenters. The van der Waals surface area contributed by atoms with Crippen LogP contribution < -0.4 is 5.32 Å². The summed E-state index contributed by atoms with van der Waals surface area (Å²) in [6, 6.07) is 9.72. The normalized spacial score (nSPS) is 17.9. The molecule has 1 aromatic rings. The molecule has 2 rings (SSSR count). The Bertz CT molecular complexity index is 540. The number of nitrogens with one attached hydrogen (secondary N) is 1. The summed E-state index contributed by atoms with van der Waals surface area (Å²) >= 11 is 0. The highest BCUT2D eigenvalue weighted by atomic mass is 16.5. The van der Waals surface area contributed by atoms with Crippen molar-refractivity contribution in [1.29, 1.82) is 0 Å². The van der Waals surface area contributed by atoms with Crippen LogP contribution >= 0.6 is 0 Å². The van der Waals surface area contributed by atoms with E-state index in [1.54, 1.807) is 6.92 Å². The summed E-state index contributed by atoms with van der Waals surface area (Å²) in [7, 11) is 0. The van der Waals surface area contributed by atoms with Crippen LogP contribution in [0.25, 0.3) is 0 Å². The van der Waals surface area contributed by atoms with E-state index in [0.717, 1.165) is 5.56 Å². The van der Waals surface area contributed by atoms with E-state index in [1.807, 2.05) is 30.3 Å². The van der Waals surface area contributed by atoms with E-state index in [1.165, 1.54) is 0 Å². The van der Waals surface area contributed by atoms with Crippen LogP contribution in [0.2, 0.25) is 0 Å². The number of ether oxygens (including phenoxy) is 2. The van der Waals surface area contributed by atoms with Crippen LogP contribution in [0.1, 0.15) is 31.7 Å². The van der Waals surface area contributed by atoms with Crippen LogP contribution in [-0.2, 0) is 25.7 Å². The standard InChI is InChI=1S/C18H25NO5/c1-14(11-16(20)21)12-19-17(22)18(7-9-23-10-8-18)24-13-15-5-3-2-4-6-15/h2-6,14H,7-13H2,1H3,(H,19,22)(H,20,21). The predicted molar refractivity (Wildman–Crippen MR) is 88.4 cm³/mol. The molecule has 24 heavy (non-hydrogen) atoms. The van der Waals surface area contributed by atoms with E-state index in [2.05, 4.69) is 5.32 Å². The summed E-state index contributed by atoms with van der Waals surface area (Å²) in [6.45, 7) is 3.44. The summed E-state index contributed by atoms with van der Waals surface area (Å²) in [6.07, 6.45) is 1.03. The summed E-state index contributed by atoms with van der Waals surface area (Å²) in [4.78, 5) is 23.4. The molecule has 0 spiro atoms. The zero-order valence-corrected chi connectivity index (χ0v) is 14.0. The first-order valence-electron chi connectivity index (χ1n) is 8.27. The maximum absolute atomic E-state index is 12.7. The highest BCUT2D eigenvalue weighted by Crippen LogP contribution is 2.27. The molecule has 0 radical (unpaired) electrons. The van der Waals surface area contributed by atoms with Gasteiger partial charge in [0.15, 0.2) is 5.60 Å². The van der Waals surface area contributed by atoms with E-state index in [0.29, 0.717) is 39.2 Å². The van der Waals surface area contributed by atoms with Gasteiger partial charge in [-0.05, 0) is 11.5 Å². The fraction of sp³-hybridized carbons (Fsp3) is 0.556. The molecule has 2 N–H and O–H groups in total. The Kier molecular flexibility index (Phi) is 6.75. The fourth-order valence-electron chi connectivity index (χ4n) is 2.73. The molecule has 1 saturated heterocycles. The quantitative estimate of drug-likeness (QED) is 0.759. The first kappa shape index (κ1) is 18.4. The summed E-state index contributed by atoms with van der Waals surface area (Å²) in [5, 5.41) is 11.7. The van der Waals surface area contributed by atoms with Crippen LogP contribution in [0.15, 0.2) is 30.3 Å². The first-order chi connectivity index (χ1) is 11.5. The second kappa shape index (κ2) is 8.80. The van der Waals surface area contributed by atoms with Gasteiger partial charge in [-0.3, -0.25) is 9.59 Å². The minimum absolute atomic E-state index is 0.0290. The molecule has 1 aliphatic rings. The number of carbonyl (C=O) groups excluding carboxylic acids is 1. The fourth-order valence-corrected chi connectivity index (χ4v) is 2.73. The Labute approximate surface area is 142 Å². The molecule has 132 valence electrons. The monoisotopic (exact) mass is 335 g/mol. The van der Waals surface area contributed by atoms with Crippen molar-refractivity contribution in [2.24, 2.45) is 5.92 Å². The van der Waals surface area contributed by atoms with Crippen LogP contribution in [0, 0.1) is 5.92 Å². The average Bonchev–Trinajstić information content (AvgIpc) is 2.59. The number of benzene rings is 1. The third-order valence-corrected chi connectivity index (χ3v) is 4.21. The molecule has 1 aromatic carbocycles. The topological polar surface area (TPSA) is 84.9 Å². The molecule has 1 heterocycles. The Morgan fingerprint density at radius 3 is 2.58 bits per heavy atom. The van der Waals surface area contributed by atoms with Crippen LogP contribution in [0.4, 0.5) is 0 Å². The molecule has 1 aliphatic heterocycles. The molecule has 0 bridgehead atoms. The average molecular weight is 335 g/mol. The lowest BCUT2D eigenvalue weighted by atomic mass is 9.92. The summed E-state index contributed by atoms with van der Waals surface area (Å²) < 4.78 is 11.4. The number of carbonyl (C=O) groups is 2. The maximum Gasteiger partial charge on any atom is 0.303 e. The molecular weight excluding hydrogens is 310 g/mol. The van der Waals surface area contributed by atoms with E-state index in [-0.39, 0.29) is 18.2 Å². The number of hydrogen-bond acceptors (Lipinski definition) is 4. The van der Waals surface area contributed by atoms with Gasteiger partial charge in [0.1, 0.15) is 0 Å². The van der Waals surface area contributed by atoms with E-state index < -0.39 is 11.6 Å². The van der Waals surface area contributed by atoms with Crippen molar-refractivity contribution in [3.05, 3.63) is 35.9 Å². The first-order valence-corrected chi connectivity index (χ1v) is 8.27. The second-order valence-electron chi connectivity index (χ2n) is 6.29. The highest BCUT2D eigenvalue weighted by Gasteiger charge is 2.41. The molecule has 0 aliphatic carbocycles. The number of hydrogen-bond donors (Lipinski definition) is 2. The molecule has 1 atom stereocenters. The van der Waals surface area contributed by atoms with E-state index >= 15 is 0 Å². The van der Waals surface area contributed by atoms with Crippen molar-refractivity contribution < 1.29 is 24.2 Å². The van der Waals surface area contributed by atoms with E-state index in [4.69, 9.17) is 14.6 Å². The Morgan fingerprint density at radius 2 is 1.96 bits per heavy atom. The van der Waals surface area contributed by atoms with Crippen LogP contribution in [0.3, 0.4) is 0 Å². The van der Waals surface area contributed by atoms with Gasteiger partial charge >= 0.3 is 5.97 Å². The lowest BCUT2D eigenvalue weighted by Gasteiger charge is -2.36. The third kappa shape index (κ3) is 5.32. The Balaban J connectivity index is 1.95. The van der Waals surface area contributed by atoms with Gasteiger partial charge in [-0.2, -0.15) is 0 Å². The summed E-state index contributed by atoms with van der Waals surface area (Å²) in [5.74, 6) is -1.17. The smallest absolute Gasteiger partial charge is 0.303 e. The van der Waals surface area contributed by atoms with Gasteiger partial charge in [0.25, 0.3) is 5.91 Å². The second-order valence-corrected chi connectivity index (χ2v) is 6.29. The van der Waals surface area contributed by atoms with Gasteiger partial charge in [-0.25, -0.2) is 0 Å². The van der Waals surface area contributed by atoms with Crippen molar-refractivity contribution in [2.75, 3.05) is 19.8 Å². The third-order valence-electron chi connectivity index (χ3n) is 4.21. The molecule has 6 nitrogen and oxygen atoms in total. The van der Waals surface area contributed by atoms with Gasteiger partial charge < -0.3 is 19.9 Å². The van der Waals surface area contributed by atoms with Crippen LogP contribution in [0.5, 0.6) is 0 Å². The van der Waals surface area contributed by atoms with Crippen molar-refractivity contribution >= 4 is 11.9 Å². The van der Waals surface area contributed by atoms with E-state index in [9.17, 15) is 9.59 Å². The van der Waals surface area contributed by atoms with Gasteiger partial charge in [-0.15, -0.1) is 0 Å². The Hall–Kier alpha value is -1.92. The predicted octanol–water partition coefficient (Wildman–Crippen LogP) is 1.98. The molecule has 1 fully saturated rings. The van der Waals surface area contributed by atoms with Crippen molar-refractivity contribution in [3.8, 4) is 0 Å². The SMILES string of the molecule is CC(CNC(=O)C1(OCc2ccccc2)CCOCC1)CC(=O)O. The lowest BCUT2D eigenvalue weighted by molar-refractivity contribution is -0.163. The zero-order valence-electron chi connectivity index (χ0n) is 14.0. The van der Waals surface area contributed by atoms with Crippen molar-refractivity contribution in [3.63, 3.8) is 0 Å². The minimum Gasteiger partial charge on any atom is -0.481 e. The number of aliphatic carboxylic acids is 1. The number of carboxylic acid groups (broad SMARTS) is 1. The number of carboxylic acids is 1. The largest absolute Gasteiger partial charge is 0.481 e. The maximum atomic E-state index is 12.7. The van der Waals surface area contributed by atoms with Gasteiger partial charge in [0.2, 0.25) is 0 Å². The van der Waals surface area contributed by atoms with Gasteiger partial charge in [0, 0.05) is 39.0 Å². The Morgan fingerprint density at radius 1 is 1.29 bits per heavy atom. The molecule has 0 saturated carbocycles. The highest BCUT2D eigenvalue weighted by molar-refractivity contribution is 5.85. The van der Waals surface area contributed by atoms with Crippen molar-refractivity contribution in [2.45, 2.75) is 38.4 Å². The van der Waals surface area contributed by atoms with Gasteiger partial charge in [0.05, 0.1) is 6.61 Å². The van der Waals surface area contributed by atoms with Gasteiger partial charge in [-0.1, -0.05) is 37.3 Å². The molecule has 6 heteroatoms. The number of rotatable bonds is 8. The number of amides is 1. The molecule has 1 amide bonds. The minimum atomic E-state index is -0.906. The summed E-state index contributed by atoms with van der Waals surface area (Å²) in [5.41, 5.74) is 0.104. The molecular formula is C18H25NO5. The zero-order chi connectivity index (χ0) is 17.4. The molecule has 0 aromatic heterocycles. The van der Waals surface area contributed by atoms with Crippen molar-refractivity contribution in [1.82, 2.24) is 5.32 Å². The van der Waals surface area contributed by atoms with Crippen LogP contribution in [-0.4, -0.2) is 42.3 Å².